The molecule has 0 aliphatic rings. The van der Waals surface area contributed by atoms with Crippen molar-refractivity contribution < 1.29 is 49.6 Å². The molecule has 0 atom stereocenters. The third kappa shape index (κ3) is 9.50. The maximum atomic E-state index is 14.4. The van der Waals surface area contributed by atoms with Crippen molar-refractivity contribution in [1.29, 1.82) is 0 Å². The van der Waals surface area contributed by atoms with Crippen LogP contribution in [0.4, 0.5) is 46.5 Å². The second-order valence-electron chi connectivity index (χ2n) is 9.90. The summed E-state index contributed by atoms with van der Waals surface area (Å²) in [4.78, 5) is 74.6. The van der Waals surface area contributed by atoms with Crippen molar-refractivity contribution in [3.8, 4) is 11.4 Å². The van der Waals surface area contributed by atoms with Gasteiger partial charge in [0.2, 0.25) is 0 Å². The van der Waals surface area contributed by atoms with Gasteiger partial charge in [-0.2, -0.15) is 26.3 Å². The van der Waals surface area contributed by atoms with Gasteiger partial charge in [-0.3, -0.25) is 33.5 Å². The van der Waals surface area contributed by atoms with Crippen molar-refractivity contribution in [3.63, 3.8) is 0 Å². The van der Waals surface area contributed by atoms with E-state index in [0.29, 0.717) is 0 Å². The Kier molecular flexibility index (Phi) is 13.9. The van der Waals surface area contributed by atoms with E-state index in [9.17, 15) is 59.1 Å². The van der Waals surface area contributed by atoms with Crippen LogP contribution in [0.5, 0.6) is 0 Å². The van der Waals surface area contributed by atoms with E-state index in [0.717, 1.165) is 44.6 Å². The number of hydrogen-bond donors (Lipinski definition) is 1. The van der Waals surface area contributed by atoms with Gasteiger partial charge in [0, 0.05) is 49.5 Å². The summed E-state index contributed by atoms with van der Waals surface area (Å²) in [7, 11) is 4.27. The number of aliphatic imine (C=N–C) groups is 2. The van der Waals surface area contributed by atoms with Gasteiger partial charge in [0.05, 0.1) is 36.1 Å². The van der Waals surface area contributed by atoms with Crippen LogP contribution in [-0.2, 0) is 36.1 Å². The van der Waals surface area contributed by atoms with E-state index >= 15 is 0 Å². The van der Waals surface area contributed by atoms with Crippen molar-refractivity contribution in [2.75, 3.05) is 14.2 Å². The van der Waals surface area contributed by atoms with E-state index in [1.54, 1.807) is 0 Å². The Morgan fingerprint density at radius 3 is 1.38 bits per heavy atom. The van der Waals surface area contributed by atoms with Crippen molar-refractivity contribution in [2.45, 2.75) is 12.4 Å². The molecule has 0 fully saturated rings. The van der Waals surface area contributed by atoms with Crippen molar-refractivity contribution in [1.82, 2.24) is 18.3 Å². The van der Waals surface area contributed by atoms with Crippen LogP contribution >= 0.6 is 0 Å². The lowest BCUT2D eigenvalue weighted by Crippen LogP contribution is -2.41. The SMILES string of the molecule is C=Nc1cc(F)c(-n2c(=O)cc(C(F)(F)F)n(C)c2=O)cc1/C=N/OC.C=Nc1cc(F)c(-n2c(=O)cc(C(F)(F)F)n(C)c2=O)cc1C=O.CON. The number of carbonyl (C=O) groups excluding carboxylic acids is 1. The number of halogens is 8. The maximum Gasteiger partial charge on any atom is 0.431 e. The first kappa shape index (κ1) is 42.8. The minimum atomic E-state index is -4.94. The highest BCUT2D eigenvalue weighted by Crippen LogP contribution is 2.29. The predicted octanol–water partition coefficient (Wildman–Crippen LogP) is 3.35. The fraction of sp³-hybridized carbons (Fsp3) is 0.200. The first-order chi connectivity index (χ1) is 24.6. The summed E-state index contributed by atoms with van der Waals surface area (Å²) in [6, 6.07) is 3.85. The van der Waals surface area contributed by atoms with Crippen molar-refractivity contribution in [2.24, 2.45) is 35.1 Å². The molecule has 0 unspecified atom stereocenters. The molecule has 23 heteroatoms. The van der Waals surface area contributed by atoms with Crippen LogP contribution in [0.15, 0.2) is 70.7 Å². The average Bonchev–Trinajstić information content (AvgIpc) is 3.08. The molecule has 0 aliphatic carbocycles. The number of carbonyl (C=O) groups is 1. The molecule has 2 aromatic heterocycles. The molecule has 2 heterocycles. The van der Waals surface area contributed by atoms with Gasteiger partial charge in [-0.25, -0.2) is 33.4 Å². The van der Waals surface area contributed by atoms with Gasteiger partial charge < -0.3 is 9.68 Å². The molecule has 2 aromatic carbocycles. The number of oxime groups is 1. The van der Waals surface area contributed by atoms with E-state index in [1.807, 2.05) is 0 Å². The molecule has 284 valence electrons. The zero-order chi connectivity index (χ0) is 40.6. The fourth-order valence-corrected chi connectivity index (χ4v) is 4.30. The number of aldehydes is 1. The molecule has 0 aliphatic heterocycles. The largest absolute Gasteiger partial charge is 0.431 e. The average molecular weight is 763 g/mol. The zero-order valence-electron chi connectivity index (χ0n) is 27.6. The van der Waals surface area contributed by atoms with Crippen LogP contribution in [0.2, 0.25) is 0 Å². The number of aromatic nitrogens is 4. The molecule has 0 bridgehead atoms. The molecular formula is C30H26F8N8O7. The van der Waals surface area contributed by atoms with Crippen LogP contribution in [0, 0.1) is 11.6 Å². The lowest BCUT2D eigenvalue weighted by molar-refractivity contribution is -0.144. The van der Waals surface area contributed by atoms with Crippen molar-refractivity contribution >= 4 is 37.3 Å². The maximum absolute atomic E-state index is 14.4. The Morgan fingerprint density at radius 2 is 1.06 bits per heavy atom. The molecule has 0 radical (unpaired) electrons. The number of benzene rings is 2. The molecule has 53 heavy (non-hydrogen) atoms. The van der Waals surface area contributed by atoms with E-state index in [4.69, 9.17) is 0 Å². The van der Waals surface area contributed by atoms with Crippen LogP contribution < -0.4 is 28.4 Å². The molecule has 0 amide bonds. The summed E-state index contributed by atoms with van der Waals surface area (Å²) in [5.41, 5.74) is -9.81. The second-order valence-corrected chi connectivity index (χ2v) is 9.90. The van der Waals surface area contributed by atoms with Gasteiger partial charge in [0.1, 0.15) is 30.1 Å². The Hall–Kier alpha value is -6.36. The van der Waals surface area contributed by atoms with E-state index in [2.05, 4.69) is 44.1 Å². The monoisotopic (exact) mass is 762 g/mol. The predicted molar refractivity (Wildman–Crippen MR) is 174 cm³/mol. The third-order valence-corrected chi connectivity index (χ3v) is 6.66. The Bertz CT molecular complexity index is 2310. The molecule has 15 nitrogen and oxygen atoms in total. The van der Waals surface area contributed by atoms with Gasteiger partial charge in [0.15, 0.2) is 6.29 Å². The molecule has 0 saturated heterocycles. The van der Waals surface area contributed by atoms with Crippen LogP contribution in [0.3, 0.4) is 0 Å². The summed E-state index contributed by atoms with van der Waals surface area (Å²) in [6.45, 7) is 6.39. The molecule has 4 rings (SSSR count). The summed E-state index contributed by atoms with van der Waals surface area (Å²) in [6.07, 6.45) is -8.45. The minimum Gasteiger partial charge on any atom is -0.399 e. The first-order valence-electron chi connectivity index (χ1n) is 13.8. The first-order valence-corrected chi connectivity index (χ1v) is 13.8. The van der Waals surface area contributed by atoms with Crippen molar-refractivity contribution in [3.05, 3.63) is 112 Å². The number of nitrogens with zero attached hydrogens (tertiary/aromatic N) is 7. The smallest absolute Gasteiger partial charge is 0.399 e. The number of nitrogens with two attached hydrogens (primary N) is 1. The Labute approximate surface area is 290 Å². The van der Waals surface area contributed by atoms with Gasteiger partial charge >= 0.3 is 23.7 Å². The topological polar surface area (TPSA) is 187 Å². The van der Waals surface area contributed by atoms with E-state index < -0.39 is 69.2 Å². The lowest BCUT2D eigenvalue weighted by Gasteiger charge is -2.15. The summed E-state index contributed by atoms with van der Waals surface area (Å²) >= 11 is 0. The minimum absolute atomic E-state index is 0.0313. The Balaban J connectivity index is 0.000000342. The lowest BCUT2D eigenvalue weighted by atomic mass is 10.1. The standard InChI is InChI=1S/C15H12F4N4O3.C14H9F4N3O3.CH5NO/c1-20-10-5-9(16)11(4-8(10)7-21-26-3)23-13(24)6-12(15(17,18)19)22(2)14(23)25;1-19-9-4-8(15)10(3-7(9)6-22)21-12(23)5-11(14(16,17)18)20(2)13(21)24;1-3-2/h4-7H,1H2,2-3H3;3-6H,1H2,2H3;2H2,1H3/b21-7+;;. The highest BCUT2D eigenvalue weighted by Gasteiger charge is 2.36. The highest BCUT2D eigenvalue weighted by molar-refractivity contribution is 5.88. The quantitative estimate of drug-likeness (QED) is 0.129. The summed E-state index contributed by atoms with van der Waals surface area (Å²) in [5, 5.41) is 3.47. The van der Waals surface area contributed by atoms with E-state index in [1.165, 1.54) is 14.2 Å². The highest BCUT2D eigenvalue weighted by atomic mass is 19.4. The number of hydrogen-bond acceptors (Lipinski definition) is 11. The number of alkyl halides is 6. The van der Waals surface area contributed by atoms with Gasteiger partial charge in [-0.1, -0.05) is 5.16 Å². The molecular weight excluding hydrogens is 736 g/mol. The third-order valence-electron chi connectivity index (χ3n) is 6.66. The molecule has 2 N–H and O–H groups in total. The Morgan fingerprint density at radius 1 is 0.698 bits per heavy atom. The van der Waals surface area contributed by atoms with Gasteiger partial charge in [-0.05, 0) is 25.6 Å². The zero-order valence-corrected chi connectivity index (χ0v) is 27.6. The van der Waals surface area contributed by atoms with Gasteiger partial charge in [0.25, 0.3) is 11.1 Å². The van der Waals surface area contributed by atoms with E-state index in [-0.39, 0.29) is 59.2 Å². The molecule has 0 saturated carbocycles. The van der Waals surface area contributed by atoms with Crippen LogP contribution in [0.25, 0.3) is 11.4 Å². The second kappa shape index (κ2) is 17.2. The fourth-order valence-electron chi connectivity index (χ4n) is 4.30. The van der Waals surface area contributed by atoms with Crippen LogP contribution in [-0.4, -0.2) is 58.4 Å². The molecule has 0 spiro atoms. The van der Waals surface area contributed by atoms with Gasteiger partial charge in [-0.15, -0.1) is 0 Å². The summed E-state index contributed by atoms with van der Waals surface area (Å²) in [5.74, 6) is 2.17. The summed E-state index contributed by atoms with van der Waals surface area (Å²) < 4.78 is 106. The molecule has 4 aromatic rings. The van der Waals surface area contributed by atoms with Crippen LogP contribution in [0.1, 0.15) is 27.3 Å². The normalized spacial score (nSPS) is 11.3. The number of rotatable bonds is 7.